The molecule has 0 saturated heterocycles. The summed E-state index contributed by atoms with van der Waals surface area (Å²) in [5.74, 6) is -2.63. The SMILES string of the molecule is O=C(Nc1ccc(S(=O)(=O)O)c2cc(S(=O)(=O)O)c(N=Nc3ccc(S(=O)(=O)CCOS(=O)(=O)O)cc3)c(O)c12)c1ccccc1. The van der Waals surface area contributed by atoms with E-state index in [4.69, 9.17) is 4.55 Å². The van der Waals surface area contributed by atoms with E-state index in [9.17, 15) is 52.7 Å². The highest BCUT2D eigenvalue weighted by molar-refractivity contribution is 7.91. The molecule has 0 aromatic heterocycles. The molecule has 244 valence electrons. The van der Waals surface area contributed by atoms with Crippen molar-refractivity contribution in [3.63, 3.8) is 0 Å². The lowest BCUT2D eigenvalue weighted by molar-refractivity contribution is 0.102. The first-order valence-electron chi connectivity index (χ1n) is 12.3. The van der Waals surface area contributed by atoms with E-state index in [0.717, 1.165) is 36.4 Å². The van der Waals surface area contributed by atoms with E-state index in [1.807, 2.05) is 0 Å². The number of aromatic hydroxyl groups is 1. The number of hydrogen-bond donors (Lipinski definition) is 5. The predicted octanol–water partition coefficient (Wildman–Crippen LogP) is 3.30. The van der Waals surface area contributed by atoms with Gasteiger partial charge in [0.1, 0.15) is 15.5 Å². The Hall–Kier alpha value is -4.35. The van der Waals surface area contributed by atoms with Crippen molar-refractivity contribution >= 4 is 74.2 Å². The van der Waals surface area contributed by atoms with Crippen LogP contribution in [0.5, 0.6) is 5.75 Å². The number of fused-ring (bicyclic) bond motifs is 1. The van der Waals surface area contributed by atoms with Crippen molar-refractivity contribution in [3.8, 4) is 5.75 Å². The molecule has 0 aliphatic rings. The molecule has 4 aromatic carbocycles. The fraction of sp³-hybridized carbons (Fsp3) is 0.0800. The number of sulfone groups is 1. The van der Waals surface area contributed by atoms with Crippen molar-refractivity contribution in [2.45, 2.75) is 14.7 Å². The Morgan fingerprint density at radius 1 is 0.761 bits per heavy atom. The molecule has 0 saturated carbocycles. The third kappa shape index (κ3) is 8.07. The number of carbonyl (C=O) groups excluding carboxylic acids is 1. The zero-order valence-corrected chi connectivity index (χ0v) is 26.0. The van der Waals surface area contributed by atoms with Crippen molar-refractivity contribution < 1.29 is 61.4 Å². The van der Waals surface area contributed by atoms with Crippen LogP contribution in [-0.4, -0.2) is 70.7 Å². The van der Waals surface area contributed by atoms with Gasteiger partial charge >= 0.3 is 10.4 Å². The lowest BCUT2D eigenvalue weighted by atomic mass is 10.1. The molecule has 0 heterocycles. The van der Waals surface area contributed by atoms with Gasteiger partial charge in [0, 0.05) is 10.9 Å². The van der Waals surface area contributed by atoms with Crippen molar-refractivity contribution in [1.29, 1.82) is 0 Å². The summed E-state index contributed by atoms with van der Waals surface area (Å²) in [6.45, 7) is -0.880. The van der Waals surface area contributed by atoms with Gasteiger partial charge in [0.2, 0.25) is 0 Å². The van der Waals surface area contributed by atoms with Crippen LogP contribution in [0.15, 0.2) is 97.7 Å². The maximum atomic E-state index is 12.8. The molecule has 4 rings (SSSR count). The van der Waals surface area contributed by atoms with Gasteiger partial charge in [0.25, 0.3) is 26.1 Å². The Kier molecular flexibility index (Phi) is 9.61. The number of amides is 1. The summed E-state index contributed by atoms with van der Waals surface area (Å²) < 4.78 is 127. The van der Waals surface area contributed by atoms with E-state index < -0.39 is 90.7 Å². The number of nitrogens with zero attached hydrogens (tertiary/aromatic N) is 2. The number of phenols is 1. The first kappa shape index (κ1) is 34.5. The molecule has 0 aliphatic heterocycles. The average Bonchev–Trinajstić information content (AvgIpc) is 2.95. The highest BCUT2D eigenvalue weighted by atomic mass is 32.3. The van der Waals surface area contributed by atoms with Crippen LogP contribution < -0.4 is 5.32 Å². The molecule has 1 amide bonds. The summed E-state index contributed by atoms with van der Waals surface area (Å²) >= 11 is 0. The van der Waals surface area contributed by atoms with E-state index in [1.165, 1.54) is 12.1 Å². The van der Waals surface area contributed by atoms with E-state index in [0.29, 0.717) is 6.07 Å². The fourth-order valence-corrected chi connectivity index (χ4v) is 6.85. The lowest BCUT2D eigenvalue weighted by Gasteiger charge is -2.15. The second-order valence-electron chi connectivity index (χ2n) is 9.14. The Labute approximate surface area is 261 Å². The molecule has 17 nitrogen and oxygen atoms in total. The maximum absolute atomic E-state index is 12.8. The van der Waals surface area contributed by atoms with Crippen LogP contribution in [0.2, 0.25) is 0 Å². The number of benzene rings is 4. The summed E-state index contributed by atoms with van der Waals surface area (Å²) in [5.41, 5.74) is -1.14. The van der Waals surface area contributed by atoms with Crippen LogP contribution >= 0.6 is 0 Å². The number of carbonyl (C=O) groups is 1. The summed E-state index contributed by atoms with van der Waals surface area (Å²) in [6.07, 6.45) is 0. The molecular weight excluding hydrogens is 695 g/mol. The van der Waals surface area contributed by atoms with E-state index in [2.05, 4.69) is 19.7 Å². The smallest absolute Gasteiger partial charge is 0.397 e. The monoisotopic (exact) mass is 715 g/mol. The van der Waals surface area contributed by atoms with Crippen LogP contribution in [0.4, 0.5) is 17.1 Å². The summed E-state index contributed by atoms with van der Waals surface area (Å²) in [7, 11) is -19.3. The summed E-state index contributed by atoms with van der Waals surface area (Å²) in [5, 5.41) is 20.0. The van der Waals surface area contributed by atoms with E-state index >= 15 is 0 Å². The molecule has 5 N–H and O–H groups in total. The van der Waals surface area contributed by atoms with Gasteiger partial charge in [-0.1, -0.05) is 18.2 Å². The first-order chi connectivity index (χ1) is 21.3. The topological polar surface area (TPSA) is 281 Å². The van der Waals surface area contributed by atoms with Crippen LogP contribution in [0.1, 0.15) is 10.4 Å². The number of nitrogens with one attached hydrogen (secondary N) is 1. The zero-order valence-electron chi connectivity index (χ0n) is 22.7. The molecule has 21 heteroatoms. The average molecular weight is 716 g/mol. The second kappa shape index (κ2) is 12.8. The fourth-order valence-electron chi connectivity index (χ4n) is 4.03. The highest BCUT2D eigenvalue weighted by Crippen LogP contribution is 2.46. The standard InChI is InChI=1S/C25H21N3O14S4/c29-24-22-18(20(44(33,34)35)11-10-19(22)26-25(30)15-4-2-1-3-5-15)14-21(45(36,37)38)23(24)28-27-16-6-8-17(9-7-16)43(31,32)13-12-42-46(39,40)41/h1-11,14,29H,12-13H2,(H,26,30)(H,33,34,35)(H,36,37,38)(H,39,40,41). The normalized spacial score (nSPS) is 12.8. The van der Waals surface area contributed by atoms with Gasteiger partial charge in [-0.15, -0.1) is 5.11 Å². The Morgan fingerprint density at radius 2 is 1.37 bits per heavy atom. The van der Waals surface area contributed by atoms with Gasteiger partial charge in [0.15, 0.2) is 15.6 Å². The minimum atomic E-state index is -5.27. The van der Waals surface area contributed by atoms with Gasteiger partial charge in [-0.2, -0.15) is 30.4 Å². The molecule has 0 fully saturated rings. The van der Waals surface area contributed by atoms with Crippen LogP contribution in [0.3, 0.4) is 0 Å². The zero-order chi connectivity index (χ0) is 34.1. The number of hydrogen-bond acceptors (Lipinski definition) is 13. The summed E-state index contributed by atoms with van der Waals surface area (Å²) in [6, 6.07) is 14.3. The molecule has 0 atom stereocenters. The Balaban J connectivity index is 1.82. The molecule has 46 heavy (non-hydrogen) atoms. The van der Waals surface area contributed by atoms with Crippen molar-refractivity contribution in [2.75, 3.05) is 17.7 Å². The van der Waals surface area contributed by atoms with Gasteiger partial charge in [-0.3, -0.25) is 18.5 Å². The molecule has 4 aromatic rings. The van der Waals surface area contributed by atoms with Crippen LogP contribution in [0, 0.1) is 0 Å². The van der Waals surface area contributed by atoms with Gasteiger partial charge < -0.3 is 10.4 Å². The molecule has 0 unspecified atom stereocenters. The van der Waals surface area contributed by atoms with E-state index in [-0.39, 0.29) is 21.8 Å². The Morgan fingerprint density at radius 3 is 1.93 bits per heavy atom. The summed E-state index contributed by atoms with van der Waals surface area (Å²) in [4.78, 5) is 10.5. The number of azo groups is 1. The largest absolute Gasteiger partial charge is 0.505 e. The minimum Gasteiger partial charge on any atom is -0.505 e. The third-order valence-electron chi connectivity index (χ3n) is 6.06. The maximum Gasteiger partial charge on any atom is 0.397 e. The molecule has 0 bridgehead atoms. The number of anilines is 1. The number of phenolic OH excluding ortho intramolecular Hbond substituents is 1. The second-order valence-corrected chi connectivity index (χ2v) is 15.1. The van der Waals surface area contributed by atoms with Crippen molar-refractivity contribution in [3.05, 3.63) is 78.4 Å². The number of rotatable bonds is 11. The minimum absolute atomic E-state index is 0.127. The molecule has 0 radical (unpaired) electrons. The molecular formula is C25H21N3O14S4. The van der Waals surface area contributed by atoms with Crippen LogP contribution in [0.25, 0.3) is 10.8 Å². The lowest BCUT2D eigenvalue weighted by Crippen LogP contribution is -2.15. The van der Waals surface area contributed by atoms with E-state index in [1.54, 1.807) is 18.2 Å². The van der Waals surface area contributed by atoms with Crippen molar-refractivity contribution in [2.24, 2.45) is 10.2 Å². The quantitative estimate of drug-likeness (QED) is 0.110. The molecule has 0 spiro atoms. The molecule has 0 aliphatic carbocycles. The van der Waals surface area contributed by atoms with Gasteiger partial charge in [-0.05, 0) is 54.6 Å². The first-order valence-corrected chi connectivity index (χ1v) is 18.2. The van der Waals surface area contributed by atoms with Crippen LogP contribution in [-0.2, 0) is 44.7 Å². The van der Waals surface area contributed by atoms with Gasteiger partial charge in [-0.25, -0.2) is 12.6 Å². The third-order valence-corrected chi connectivity index (χ3v) is 10.00. The van der Waals surface area contributed by atoms with Gasteiger partial charge in [0.05, 0.1) is 34.0 Å². The predicted molar refractivity (Wildman–Crippen MR) is 160 cm³/mol. The highest BCUT2D eigenvalue weighted by Gasteiger charge is 2.28. The Bertz CT molecular complexity index is 2310. The van der Waals surface area contributed by atoms with Crippen molar-refractivity contribution in [1.82, 2.24) is 0 Å².